The summed E-state index contributed by atoms with van der Waals surface area (Å²) in [6.45, 7) is 2.73. The molecular weight excluding hydrogens is 1160 g/mol. The number of alkyl halides is 2. The lowest BCUT2D eigenvalue weighted by molar-refractivity contribution is -0.141. The molecule has 82 heavy (non-hydrogen) atoms. The second-order valence-corrected chi connectivity index (χ2v) is 26.6. The maximum Gasteiger partial charge on any atom is 0.524 e. The molecule has 26 heteroatoms. The third-order valence-electron chi connectivity index (χ3n) is 16.9. The van der Waals surface area contributed by atoms with Crippen LogP contribution in [0.1, 0.15) is 74.8 Å². The fraction of sp³-hybridized carbons (Fsp3) is 0.464. The number of anilines is 2. The molecule has 0 aromatic heterocycles. The van der Waals surface area contributed by atoms with Crippen LogP contribution >= 0.6 is 52.6 Å². The van der Waals surface area contributed by atoms with Gasteiger partial charge in [-0.3, -0.25) is 38.7 Å². The molecule has 6 aliphatic rings. The Hall–Kier alpha value is -6.07. The van der Waals surface area contributed by atoms with Crippen molar-refractivity contribution >= 4 is 133 Å². The van der Waals surface area contributed by atoms with Crippen molar-refractivity contribution in [1.82, 2.24) is 20.0 Å². The van der Waals surface area contributed by atoms with Crippen LogP contribution in [0, 0.1) is 16.2 Å². The maximum absolute atomic E-state index is 15.1. The Morgan fingerprint density at radius 1 is 0.768 bits per heavy atom. The Morgan fingerprint density at radius 2 is 1.29 bits per heavy atom. The number of benzene rings is 4. The van der Waals surface area contributed by atoms with Crippen molar-refractivity contribution in [2.75, 3.05) is 80.7 Å². The van der Waals surface area contributed by atoms with Gasteiger partial charge in [-0.2, -0.15) is 0 Å². The van der Waals surface area contributed by atoms with Crippen LogP contribution in [0.5, 0.6) is 11.5 Å². The van der Waals surface area contributed by atoms with Crippen molar-refractivity contribution in [3.8, 4) is 11.5 Å². The first-order valence-electron chi connectivity index (χ1n) is 26.8. The normalized spacial score (nSPS) is 23.3. The highest BCUT2D eigenvalue weighted by Gasteiger charge is 3.01. The van der Waals surface area contributed by atoms with Crippen LogP contribution in [0.2, 0.25) is 0 Å². The van der Waals surface area contributed by atoms with E-state index >= 15 is 4.79 Å². The van der Waals surface area contributed by atoms with Gasteiger partial charge in [0.15, 0.2) is 0 Å². The monoisotopic (exact) mass is 1220 g/mol. The predicted octanol–water partition coefficient (Wildman–Crippen LogP) is 8.00. The van der Waals surface area contributed by atoms with E-state index in [1.165, 1.54) is 63.7 Å². The minimum Gasteiger partial charge on any atom is -0.480 e. The van der Waals surface area contributed by atoms with Crippen LogP contribution in [0.4, 0.5) is 21.0 Å². The lowest BCUT2D eigenvalue weighted by Gasteiger charge is -2.37. The number of hydrogen-bond donors (Lipinski definition) is 4. The number of likely N-dealkylation sites (N-methyl/N-ethyl adjacent to an activating group) is 2. The lowest BCUT2D eigenvalue weighted by atomic mass is 9.72. The minimum atomic E-state index is -4.97. The van der Waals surface area contributed by atoms with Gasteiger partial charge >= 0.3 is 26.0 Å². The number of imide groups is 1. The van der Waals surface area contributed by atoms with E-state index in [-0.39, 0.29) is 115 Å². The standard InChI is InChI=1S/C56H61Cl2N6O15PS2/c1-32(82-81-28-39(49(68)69)59-44(65)15-5-4-10-18-62-45(66)16-17-46(62)67)27-77-52(72)60(2)19-20-61(3)53(73)78-42-21-40-47(37-13-8-6-11-35(37)42)33(23-57)25-63(40)50(70)54-29-55(31-56(54,55)30-54)51(71)64-26-34(24-58)48-38-14-9-7-12-36(38)43(22-41(48)64)79-80(74,75)76/h6-9,11-14,16-17,21-22,32-34,39H,4-5,10,15,18-20,23-31H2,1-3H3,(H,59,65)(H,68,69)(H2,74,75,76)/t32-,33-,34-,39+,54?,55?,56?/m1/s1. The molecule has 7 amide bonds. The Kier molecular flexibility index (Phi) is 16.7. The Morgan fingerprint density at radius 3 is 1.82 bits per heavy atom. The molecule has 3 unspecified atom stereocenters. The Balaban J connectivity index is 0.718. The fourth-order valence-corrected chi connectivity index (χ4v) is 15.9. The van der Waals surface area contributed by atoms with Crippen LogP contribution < -0.4 is 24.4 Å². The van der Waals surface area contributed by atoms with E-state index in [9.17, 15) is 53.0 Å². The van der Waals surface area contributed by atoms with E-state index in [0.717, 1.165) is 21.4 Å². The van der Waals surface area contributed by atoms with Gasteiger partial charge in [-0.05, 0) is 60.9 Å². The average molecular weight is 1220 g/mol. The summed E-state index contributed by atoms with van der Waals surface area (Å²) in [5, 5.41) is 14.6. The molecule has 3 aliphatic heterocycles. The van der Waals surface area contributed by atoms with Crippen molar-refractivity contribution in [3.63, 3.8) is 0 Å². The van der Waals surface area contributed by atoms with E-state index in [1.54, 1.807) is 41.0 Å². The second-order valence-electron chi connectivity index (χ2n) is 22.0. The van der Waals surface area contributed by atoms with Gasteiger partial charge in [0.2, 0.25) is 17.7 Å². The highest BCUT2D eigenvalue weighted by atomic mass is 35.5. The minimum absolute atomic E-state index is 0.00628. The third kappa shape index (κ3) is 10.9. The first kappa shape index (κ1) is 59.1. The summed E-state index contributed by atoms with van der Waals surface area (Å²) >= 11 is 13.2. The molecule has 0 radical (unpaired) electrons. The summed E-state index contributed by atoms with van der Waals surface area (Å²) in [6.07, 6.45) is 4.04. The number of unbranched alkanes of at least 4 members (excludes halogenated alkanes) is 2. The highest BCUT2D eigenvalue weighted by molar-refractivity contribution is 8.77. The number of hydrogen-bond acceptors (Lipinski definition) is 14. The number of carbonyl (C=O) groups is 8. The van der Waals surface area contributed by atoms with E-state index in [4.69, 9.17) is 37.2 Å². The predicted molar refractivity (Wildman–Crippen MR) is 309 cm³/mol. The van der Waals surface area contributed by atoms with Gasteiger partial charge < -0.3 is 44.0 Å². The third-order valence-corrected chi connectivity index (χ3v) is 20.9. The number of ether oxygens (including phenoxy) is 2. The summed E-state index contributed by atoms with van der Waals surface area (Å²) in [4.78, 5) is 131. The molecule has 3 heterocycles. The molecule has 4 N–H and O–H groups in total. The summed E-state index contributed by atoms with van der Waals surface area (Å²) in [5.41, 5.74) is 0.543. The van der Waals surface area contributed by atoms with Crippen molar-refractivity contribution in [1.29, 1.82) is 0 Å². The van der Waals surface area contributed by atoms with Crippen LogP contribution in [0.25, 0.3) is 21.5 Å². The van der Waals surface area contributed by atoms with Gasteiger partial charge in [0, 0.05) is 128 Å². The molecule has 3 aliphatic carbocycles. The molecule has 7 atom stereocenters. The number of amides is 7. The summed E-state index contributed by atoms with van der Waals surface area (Å²) < 4.78 is 28.8. The van der Waals surface area contributed by atoms with E-state index in [1.807, 2.05) is 30.3 Å². The number of phosphoric acid groups is 1. The van der Waals surface area contributed by atoms with Crippen LogP contribution in [0.3, 0.4) is 0 Å². The van der Waals surface area contributed by atoms with Gasteiger partial charge in [-0.1, -0.05) is 76.5 Å². The zero-order valence-corrected chi connectivity index (χ0v) is 49.1. The first-order valence-corrected chi connectivity index (χ1v) is 31.8. The van der Waals surface area contributed by atoms with Gasteiger partial charge in [0.05, 0.1) is 22.2 Å². The van der Waals surface area contributed by atoms with Crippen molar-refractivity contribution in [2.45, 2.75) is 75.0 Å². The smallest absolute Gasteiger partial charge is 0.480 e. The molecule has 0 bridgehead atoms. The van der Waals surface area contributed by atoms with Gasteiger partial charge in [-0.25, -0.2) is 18.9 Å². The number of fused-ring (bicyclic) bond motifs is 6. The van der Waals surface area contributed by atoms with Crippen molar-refractivity contribution in [3.05, 3.63) is 83.9 Å². The molecule has 436 valence electrons. The number of nitrogens with one attached hydrogen (secondary N) is 1. The molecular formula is C56H61Cl2N6O15PS2. The molecule has 4 aromatic carbocycles. The fourth-order valence-electron chi connectivity index (χ4n) is 12.7. The highest BCUT2D eigenvalue weighted by Crippen LogP contribution is 3.01. The molecule has 0 saturated heterocycles. The number of carbonyl (C=O) groups excluding carboxylic acids is 7. The number of nitrogens with zero attached hydrogens (tertiary/aromatic N) is 5. The topological polar surface area (TPSA) is 270 Å². The summed E-state index contributed by atoms with van der Waals surface area (Å²) in [5.74, 6) is -2.52. The zero-order chi connectivity index (χ0) is 58.6. The van der Waals surface area contributed by atoms with Crippen LogP contribution in [0.15, 0.2) is 72.8 Å². The number of phosphoric ester groups is 1. The number of rotatable bonds is 24. The summed E-state index contributed by atoms with van der Waals surface area (Å²) in [6, 6.07) is 16.5. The molecule has 10 rings (SSSR count). The number of aliphatic carboxylic acids is 1. The molecule has 21 nitrogen and oxygen atoms in total. The number of carboxylic acids is 1. The maximum atomic E-state index is 15.1. The van der Waals surface area contributed by atoms with Crippen molar-refractivity contribution < 1.29 is 71.8 Å². The first-order chi connectivity index (χ1) is 39.1. The number of halogens is 2. The Bertz CT molecular complexity index is 3390. The van der Waals surface area contributed by atoms with Gasteiger partial charge in [0.25, 0.3) is 11.8 Å². The van der Waals surface area contributed by atoms with Gasteiger partial charge in [-0.15, -0.1) is 23.2 Å². The zero-order valence-electron chi connectivity index (χ0n) is 45.0. The quantitative estimate of drug-likeness (QED) is 0.0170. The average Bonchev–Trinajstić information content (AvgIpc) is 1.47. The largest absolute Gasteiger partial charge is 0.524 e. The van der Waals surface area contributed by atoms with Crippen LogP contribution in [-0.2, 0) is 38.1 Å². The second kappa shape index (κ2) is 23.2. The van der Waals surface area contributed by atoms with Crippen LogP contribution in [-0.4, -0.2) is 160 Å². The van der Waals surface area contributed by atoms with E-state index < -0.39 is 54.2 Å². The van der Waals surface area contributed by atoms with E-state index in [2.05, 4.69) is 5.32 Å². The Labute approximate surface area is 489 Å². The molecule has 1 spiro atoms. The molecule has 3 fully saturated rings. The molecule has 4 aromatic rings. The number of carboxylic acid groups (broad SMARTS) is 1. The summed E-state index contributed by atoms with van der Waals surface area (Å²) in [7, 11) is 0.584. The SMILES string of the molecule is C[C@H](COC(=O)N(C)CCN(C)C(=O)Oc1cc2c(c3ccccc13)[C@H](CCl)CN2C(=O)C12CC3(C(=O)N4C[C@@H](CCl)c5c4cc(OP(=O)(O)O)c4ccccc54)CC13C2)SSC[C@H](NC(=O)CCCCCN1C(=O)C=CC1=O)C(=O)O. The lowest BCUT2D eigenvalue weighted by Crippen LogP contribution is -2.49. The van der Waals surface area contributed by atoms with E-state index in [0.29, 0.717) is 66.1 Å². The van der Waals surface area contributed by atoms with Crippen molar-refractivity contribution in [2.24, 2.45) is 16.2 Å². The van der Waals surface area contributed by atoms with Gasteiger partial charge in [0.1, 0.15) is 24.1 Å². The molecule has 3 saturated carbocycles.